The maximum Gasteiger partial charge on any atom is 0.254 e. The summed E-state index contributed by atoms with van der Waals surface area (Å²) in [6.45, 7) is 1.68. The van der Waals surface area contributed by atoms with Gasteiger partial charge in [-0.25, -0.2) is 0 Å². The van der Waals surface area contributed by atoms with Gasteiger partial charge in [0, 0.05) is 13.2 Å². The number of hydrogen-bond acceptors (Lipinski definition) is 4. The summed E-state index contributed by atoms with van der Waals surface area (Å²) in [6, 6.07) is 0. The number of aromatic nitrogens is 2. The minimum Gasteiger partial charge on any atom is -0.381 e. The van der Waals surface area contributed by atoms with E-state index in [9.17, 15) is 9.59 Å². The van der Waals surface area contributed by atoms with Crippen LogP contribution in [0.3, 0.4) is 0 Å². The molecule has 1 rings (SSSR count). The van der Waals surface area contributed by atoms with Crippen LogP contribution in [0.4, 0.5) is 0 Å². The van der Waals surface area contributed by atoms with Gasteiger partial charge in [-0.2, -0.15) is 5.10 Å². The molecule has 0 spiro atoms. The quantitative estimate of drug-likeness (QED) is 0.585. The number of hydrogen-bond donors (Lipinski definition) is 3. The Kier molecular flexibility index (Phi) is 4.22. The largest absolute Gasteiger partial charge is 0.381 e. The highest BCUT2D eigenvalue weighted by atomic mass is 16.3. The number of carbonyl (C=O) groups excluding carboxylic acids is 2. The molecule has 94 valence electrons. The summed E-state index contributed by atoms with van der Waals surface area (Å²) < 4.78 is 1.54. The lowest BCUT2D eigenvalue weighted by Crippen LogP contribution is -2.40. The Morgan fingerprint density at radius 2 is 2.29 bits per heavy atom. The first-order chi connectivity index (χ1) is 7.95. The van der Waals surface area contributed by atoms with Crippen LogP contribution < -0.4 is 11.1 Å². The summed E-state index contributed by atoms with van der Waals surface area (Å²) in [6.07, 6.45) is 0.841. The molecule has 17 heavy (non-hydrogen) atoms. The Morgan fingerprint density at radius 1 is 1.65 bits per heavy atom. The van der Waals surface area contributed by atoms with E-state index in [-0.39, 0.29) is 12.5 Å². The van der Waals surface area contributed by atoms with Crippen molar-refractivity contribution in [3.05, 3.63) is 17.5 Å². The number of aryl methyl sites for hydroxylation is 2. The molecule has 1 unspecified atom stereocenters. The van der Waals surface area contributed by atoms with Gasteiger partial charge in [0.1, 0.15) is 6.10 Å². The van der Waals surface area contributed by atoms with E-state index in [1.807, 2.05) is 6.92 Å². The van der Waals surface area contributed by atoms with E-state index in [2.05, 4.69) is 10.4 Å². The molecule has 0 fully saturated rings. The molecule has 0 aliphatic heterocycles. The normalized spacial score (nSPS) is 12.2. The zero-order valence-electron chi connectivity index (χ0n) is 9.80. The SMILES string of the molecule is CCc1nn(C)cc1C(=O)NCC(O)C(N)=O. The highest BCUT2D eigenvalue weighted by Crippen LogP contribution is 2.06. The maximum absolute atomic E-state index is 11.7. The smallest absolute Gasteiger partial charge is 0.254 e. The molecule has 0 aliphatic rings. The molecule has 1 aromatic heterocycles. The highest BCUT2D eigenvalue weighted by Gasteiger charge is 2.17. The molecule has 0 bridgehead atoms. The van der Waals surface area contributed by atoms with Gasteiger partial charge in [-0.3, -0.25) is 14.3 Å². The average Bonchev–Trinajstić information content (AvgIpc) is 2.66. The van der Waals surface area contributed by atoms with Crippen LogP contribution in [0, 0.1) is 0 Å². The minimum absolute atomic E-state index is 0.202. The van der Waals surface area contributed by atoms with Crippen molar-refractivity contribution < 1.29 is 14.7 Å². The Morgan fingerprint density at radius 3 is 2.82 bits per heavy atom. The van der Waals surface area contributed by atoms with Crippen molar-refractivity contribution in [2.75, 3.05) is 6.54 Å². The zero-order valence-corrected chi connectivity index (χ0v) is 9.80. The number of aliphatic hydroxyl groups excluding tert-OH is 1. The Balaban J connectivity index is 2.66. The van der Waals surface area contributed by atoms with Gasteiger partial charge in [0.2, 0.25) is 5.91 Å². The Hall–Kier alpha value is -1.89. The number of aliphatic hydroxyl groups is 1. The lowest BCUT2D eigenvalue weighted by atomic mass is 10.2. The summed E-state index contributed by atoms with van der Waals surface area (Å²) in [5.41, 5.74) is 5.97. The van der Waals surface area contributed by atoms with Gasteiger partial charge in [0.25, 0.3) is 5.91 Å². The molecule has 1 atom stereocenters. The molecular weight excluding hydrogens is 224 g/mol. The maximum atomic E-state index is 11.7. The molecule has 0 aliphatic carbocycles. The van der Waals surface area contributed by atoms with Gasteiger partial charge in [-0.05, 0) is 6.42 Å². The van der Waals surface area contributed by atoms with Crippen LogP contribution in [0.5, 0.6) is 0 Å². The van der Waals surface area contributed by atoms with Crippen LogP contribution in [-0.2, 0) is 18.3 Å². The molecule has 0 aromatic carbocycles. The number of nitrogens with one attached hydrogen (secondary N) is 1. The van der Waals surface area contributed by atoms with Gasteiger partial charge < -0.3 is 16.2 Å². The van der Waals surface area contributed by atoms with E-state index < -0.39 is 12.0 Å². The van der Waals surface area contributed by atoms with Crippen LogP contribution in [0.2, 0.25) is 0 Å². The van der Waals surface area contributed by atoms with E-state index in [1.54, 1.807) is 13.2 Å². The van der Waals surface area contributed by atoms with Crippen molar-refractivity contribution in [3.8, 4) is 0 Å². The monoisotopic (exact) mass is 240 g/mol. The minimum atomic E-state index is -1.37. The molecular formula is C10H16N4O3. The second-order valence-corrected chi connectivity index (χ2v) is 3.64. The van der Waals surface area contributed by atoms with Gasteiger partial charge in [-0.15, -0.1) is 0 Å². The second-order valence-electron chi connectivity index (χ2n) is 3.64. The third-order valence-corrected chi connectivity index (χ3v) is 2.27. The summed E-state index contributed by atoms with van der Waals surface area (Å²) in [5.74, 6) is -1.25. The third-order valence-electron chi connectivity index (χ3n) is 2.27. The first-order valence-corrected chi connectivity index (χ1v) is 5.23. The molecule has 1 heterocycles. The Bertz CT molecular complexity index is 427. The van der Waals surface area contributed by atoms with E-state index >= 15 is 0 Å². The van der Waals surface area contributed by atoms with Gasteiger partial charge in [0.05, 0.1) is 17.8 Å². The summed E-state index contributed by atoms with van der Waals surface area (Å²) in [7, 11) is 1.72. The number of primary amides is 1. The fourth-order valence-corrected chi connectivity index (χ4v) is 1.37. The van der Waals surface area contributed by atoms with Crippen LogP contribution in [0.25, 0.3) is 0 Å². The first kappa shape index (κ1) is 13.2. The predicted molar refractivity (Wildman–Crippen MR) is 60.1 cm³/mol. The van der Waals surface area contributed by atoms with Crippen molar-refractivity contribution in [2.45, 2.75) is 19.4 Å². The van der Waals surface area contributed by atoms with Gasteiger partial charge in [0.15, 0.2) is 0 Å². The molecule has 7 nitrogen and oxygen atoms in total. The fraction of sp³-hybridized carbons (Fsp3) is 0.500. The van der Waals surface area contributed by atoms with Crippen LogP contribution in [-0.4, -0.2) is 39.4 Å². The lowest BCUT2D eigenvalue weighted by Gasteiger charge is -2.07. The first-order valence-electron chi connectivity index (χ1n) is 5.23. The van der Waals surface area contributed by atoms with E-state index in [0.29, 0.717) is 17.7 Å². The van der Waals surface area contributed by atoms with Crippen LogP contribution in [0.1, 0.15) is 23.0 Å². The fourth-order valence-electron chi connectivity index (χ4n) is 1.37. The third kappa shape index (κ3) is 3.28. The molecule has 4 N–H and O–H groups in total. The summed E-state index contributed by atoms with van der Waals surface area (Å²) in [4.78, 5) is 22.3. The molecule has 0 saturated carbocycles. The van der Waals surface area contributed by atoms with E-state index in [1.165, 1.54) is 4.68 Å². The van der Waals surface area contributed by atoms with Crippen LogP contribution >= 0.6 is 0 Å². The molecule has 7 heteroatoms. The summed E-state index contributed by atoms with van der Waals surface area (Å²) in [5, 5.41) is 15.7. The van der Waals surface area contributed by atoms with Crippen molar-refractivity contribution in [1.29, 1.82) is 0 Å². The molecule has 2 amide bonds. The second kappa shape index (κ2) is 5.44. The lowest BCUT2D eigenvalue weighted by molar-refractivity contribution is -0.125. The zero-order chi connectivity index (χ0) is 13.0. The standard InChI is InChI=1S/C10H16N4O3/c1-3-7-6(5-14(2)13-7)10(17)12-4-8(15)9(11)16/h5,8,15H,3-4H2,1-2H3,(H2,11,16)(H,12,17). The Labute approximate surface area is 98.6 Å². The summed E-state index contributed by atoms with van der Waals surface area (Å²) >= 11 is 0. The van der Waals surface area contributed by atoms with Gasteiger partial charge in [-0.1, -0.05) is 6.92 Å². The predicted octanol–water partition coefficient (Wildman–Crippen LogP) is -1.44. The number of carbonyl (C=O) groups is 2. The number of nitrogens with zero attached hydrogens (tertiary/aromatic N) is 2. The molecule has 0 radical (unpaired) electrons. The van der Waals surface area contributed by atoms with E-state index in [0.717, 1.165) is 0 Å². The molecule has 1 aromatic rings. The average molecular weight is 240 g/mol. The van der Waals surface area contributed by atoms with Crippen LogP contribution in [0.15, 0.2) is 6.20 Å². The highest BCUT2D eigenvalue weighted by molar-refractivity contribution is 5.95. The molecule has 0 saturated heterocycles. The van der Waals surface area contributed by atoms with Crippen molar-refractivity contribution in [3.63, 3.8) is 0 Å². The number of nitrogens with two attached hydrogens (primary N) is 1. The topological polar surface area (TPSA) is 110 Å². The van der Waals surface area contributed by atoms with Crippen molar-refractivity contribution in [1.82, 2.24) is 15.1 Å². The number of amides is 2. The van der Waals surface area contributed by atoms with Crippen molar-refractivity contribution >= 4 is 11.8 Å². The number of rotatable bonds is 5. The van der Waals surface area contributed by atoms with E-state index in [4.69, 9.17) is 10.8 Å². The van der Waals surface area contributed by atoms with Gasteiger partial charge >= 0.3 is 0 Å². The van der Waals surface area contributed by atoms with Crippen molar-refractivity contribution in [2.24, 2.45) is 12.8 Å².